The lowest BCUT2D eigenvalue weighted by Gasteiger charge is -2.71. The van der Waals surface area contributed by atoms with Crippen molar-refractivity contribution in [2.24, 2.45) is 44.3 Å². The van der Waals surface area contributed by atoms with Crippen LogP contribution in [0.3, 0.4) is 0 Å². The van der Waals surface area contributed by atoms with Crippen molar-refractivity contribution in [3.05, 3.63) is 11.6 Å². The molecule has 6 N–H and O–H groups in total. The average Bonchev–Trinajstić information content (AvgIpc) is 3.03. The first-order valence-electron chi connectivity index (χ1n) is 13.8. The highest BCUT2D eigenvalue weighted by Crippen LogP contribution is 2.74. The van der Waals surface area contributed by atoms with Gasteiger partial charge in [-0.1, -0.05) is 40.7 Å². The van der Waals surface area contributed by atoms with E-state index in [1.165, 1.54) is 0 Å². The summed E-state index contributed by atoms with van der Waals surface area (Å²) in [5.74, 6) is 0.111. The highest BCUT2D eigenvalue weighted by Gasteiger charge is 2.70. The van der Waals surface area contributed by atoms with E-state index in [-0.39, 0.29) is 52.1 Å². The summed E-state index contributed by atoms with van der Waals surface area (Å²) in [6.45, 7) is 10.4. The number of allylic oxidation sites excluding steroid dienone is 1. The zero-order valence-corrected chi connectivity index (χ0v) is 22.3. The number of fused-ring (bicyclic) bond motifs is 5. The van der Waals surface area contributed by atoms with Crippen LogP contribution in [0.2, 0.25) is 0 Å². The van der Waals surface area contributed by atoms with E-state index in [1.807, 2.05) is 0 Å². The molecule has 5 aliphatic carbocycles. The van der Waals surface area contributed by atoms with Crippen LogP contribution in [0.5, 0.6) is 0 Å². The molecule has 0 aliphatic heterocycles. The molecule has 0 unspecified atom stereocenters. The molecule has 5 aliphatic rings. The Kier molecular flexibility index (Phi) is 5.80. The standard InChI is InChI=1S/C29H48O6/c1-24(2)14-28(13-21(24)33)11-10-26(4)17(22(28)34)6-7-19-25(3)12-18(32)23(35)29(15-30,16-31)20(25)8-9-27(19,26)5/h6,18-23,30-35H,7-16H2,1-5H3/t18-,19-,20-,21+,22-,23-,25-,26-,27-,28+/m1/s1. The predicted molar refractivity (Wildman–Crippen MR) is 133 cm³/mol. The molecule has 5 rings (SSSR count). The molecule has 35 heavy (non-hydrogen) atoms. The molecule has 6 heteroatoms. The smallest absolute Gasteiger partial charge is 0.0902 e. The fraction of sp³-hybridized carbons (Fsp3) is 0.931. The molecule has 10 atom stereocenters. The minimum Gasteiger partial charge on any atom is -0.396 e. The zero-order chi connectivity index (χ0) is 25.8. The van der Waals surface area contributed by atoms with E-state index in [0.29, 0.717) is 12.8 Å². The molecule has 4 fully saturated rings. The summed E-state index contributed by atoms with van der Waals surface area (Å²) >= 11 is 0. The highest BCUT2D eigenvalue weighted by molar-refractivity contribution is 5.35. The Morgan fingerprint density at radius 2 is 1.51 bits per heavy atom. The van der Waals surface area contributed by atoms with Crippen LogP contribution in [-0.2, 0) is 0 Å². The van der Waals surface area contributed by atoms with Gasteiger partial charge in [0.25, 0.3) is 0 Å². The average molecular weight is 493 g/mol. The first-order valence-corrected chi connectivity index (χ1v) is 13.8. The number of aliphatic hydroxyl groups excluding tert-OH is 6. The summed E-state index contributed by atoms with van der Waals surface area (Å²) in [6, 6.07) is 0. The molecule has 0 saturated heterocycles. The highest BCUT2D eigenvalue weighted by atomic mass is 16.3. The van der Waals surface area contributed by atoms with E-state index in [9.17, 15) is 30.6 Å². The van der Waals surface area contributed by atoms with Crippen molar-refractivity contribution in [1.82, 2.24) is 0 Å². The first-order chi connectivity index (χ1) is 16.2. The fourth-order valence-corrected chi connectivity index (χ4v) is 10.7. The summed E-state index contributed by atoms with van der Waals surface area (Å²) in [4.78, 5) is 0. The Morgan fingerprint density at radius 3 is 2.09 bits per heavy atom. The van der Waals surface area contributed by atoms with Crippen molar-refractivity contribution in [3.63, 3.8) is 0 Å². The zero-order valence-electron chi connectivity index (χ0n) is 22.3. The number of hydrogen-bond donors (Lipinski definition) is 6. The number of rotatable bonds is 2. The molecule has 4 saturated carbocycles. The molecule has 0 aromatic carbocycles. The van der Waals surface area contributed by atoms with E-state index >= 15 is 0 Å². The van der Waals surface area contributed by atoms with Gasteiger partial charge >= 0.3 is 0 Å². The monoisotopic (exact) mass is 492 g/mol. The third kappa shape index (κ3) is 3.04. The predicted octanol–water partition coefficient (Wildman–Crippen LogP) is 2.78. The first kappa shape index (κ1) is 26.1. The summed E-state index contributed by atoms with van der Waals surface area (Å²) in [6.07, 6.45) is 5.40. The molecule has 0 radical (unpaired) electrons. The van der Waals surface area contributed by atoms with Crippen molar-refractivity contribution < 1.29 is 30.6 Å². The molecule has 0 aromatic heterocycles. The van der Waals surface area contributed by atoms with Crippen LogP contribution in [-0.4, -0.2) is 68.3 Å². The van der Waals surface area contributed by atoms with Gasteiger partial charge in [0.15, 0.2) is 0 Å². The van der Waals surface area contributed by atoms with Crippen LogP contribution >= 0.6 is 0 Å². The molecule has 0 amide bonds. The van der Waals surface area contributed by atoms with Gasteiger partial charge in [0.05, 0.1) is 37.6 Å². The number of hydrogen-bond acceptors (Lipinski definition) is 6. The Labute approximate surface area is 210 Å². The Morgan fingerprint density at radius 1 is 0.857 bits per heavy atom. The van der Waals surface area contributed by atoms with Gasteiger partial charge in [-0.05, 0) is 90.4 Å². The lowest BCUT2D eigenvalue weighted by Crippen LogP contribution is -2.69. The second kappa shape index (κ2) is 7.77. The van der Waals surface area contributed by atoms with Crippen molar-refractivity contribution in [2.45, 2.75) is 110 Å². The summed E-state index contributed by atoms with van der Waals surface area (Å²) < 4.78 is 0. The second-order valence-corrected chi connectivity index (χ2v) is 14.7. The lowest BCUT2D eigenvalue weighted by molar-refractivity contribution is -0.257. The van der Waals surface area contributed by atoms with Crippen molar-refractivity contribution in [1.29, 1.82) is 0 Å². The van der Waals surface area contributed by atoms with Crippen LogP contribution in [0.15, 0.2) is 11.6 Å². The van der Waals surface area contributed by atoms with Gasteiger partial charge in [-0.15, -0.1) is 0 Å². The number of aliphatic hydroxyl groups is 6. The molecule has 6 nitrogen and oxygen atoms in total. The molecule has 0 heterocycles. The summed E-state index contributed by atoms with van der Waals surface area (Å²) in [5, 5.41) is 65.3. The maximum Gasteiger partial charge on any atom is 0.0902 e. The minimum atomic E-state index is -1.14. The van der Waals surface area contributed by atoms with Crippen LogP contribution < -0.4 is 0 Å². The Hall–Kier alpha value is -0.500. The maximum absolute atomic E-state index is 11.9. The summed E-state index contributed by atoms with van der Waals surface area (Å²) in [5.41, 5.74) is -1.11. The van der Waals surface area contributed by atoms with Crippen LogP contribution in [0.25, 0.3) is 0 Å². The normalized spacial score (nSPS) is 54.5. The van der Waals surface area contributed by atoms with Crippen molar-refractivity contribution in [2.75, 3.05) is 13.2 Å². The molecule has 1 spiro atoms. The largest absolute Gasteiger partial charge is 0.396 e. The minimum absolute atomic E-state index is 0.0920. The van der Waals surface area contributed by atoms with Gasteiger partial charge < -0.3 is 30.6 Å². The Bertz CT molecular complexity index is 896. The maximum atomic E-state index is 11.9. The van der Waals surface area contributed by atoms with E-state index in [0.717, 1.165) is 44.1 Å². The molecule has 200 valence electrons. The Balaban J connectivity index is 1.56. The lowest BCUT2D eigenvalue weighted by atomic mass is 9.34. The topological polar surface area (TPSA) is 121 Å². The van der Waals surface area contributed by atoms with Gasteiger partial charge in [-0.2, -0.15) is 0 Å². The van der Waals surface area contributed by atoms with Gasteiger partial charge in [-0.3, -0.25) is 0 Å². The molecular formula is C29H48O6. The van der Waals surface area contributed by atoms with Crippen molar-refractivity contribution in [3.8, 4) is 0 Å². The molecule has 0 aromatic rings. The fourth-order valence-electron chi connectivity index (χ4n) is 10.7. The van der Waals surface area contributed by atoms with Crippen LogP contribution in [0.4, 0.5) is 0 Å². The molecular weight excluding hydrogens is 444 g/mol. The second-order valence-electron chi connectivity index (χ2n) is 14.7. The third-order valence-corrected chi connectivity index (χ3v) is 13.0. The quantitative estimate of drug-likeness (QED) is 0.330. The van der Waals surface area contributed by atoms with Gasteiger partial charge in [0.2, 0.25) is 0 Å². The van der Waals surface area contributed by atoms with Crippen LogP contribution in [0.1, 0.15) is 86.0 Å². The SMILES string of the molecule is CC1(C)C[C@]2(CC[C@]3(C)C(=CC[C@@H]4[C@@]5(C)C[C@@H](O)[C@@H](O)C(CO)(CO)[C@@H]5CC[C@]43C)[C@H]2O)C[C@@H]1O. The molecule has 0 bridgehead atoms. The third-order valence-electron chi connectivity index (χ3n) is 13.0. The van der Waals surface area contributed by atoms with E-state index in [1.54, 1.807) is 0 Å². The van der Waals surface area contributed by atoms with Gasteiger partial charge in [0.1, 0.15) is 0 Å². The van der Waals surface area contributed by atoms with Gasteiger partial charge in [-0.25, -0.2) is 0 Å². The van der Waals surface area contributed by atoms with E-state index in [2.05, 4.69) is 40.7 Å². The van der Waals surface area contributed by atoms with E-state index in [4.69, 9.17) is 0 Å². The van der Waals surface area contributed by atoms with E-state index < -0.39 is 29.8 Å². The van der Waals surface area contributed by atoms with Gasteiger partial charge in [0, 0.05) is 10.8 Å². The van der Waals surface area contributed by atoms with Crippen LogP contribution in [0, 0.1) is 44.3 Å². The summed E-state index contributed by atoms with van der Waals surface area (Å²) in [7, 11) is 0. The van der Waals surface area contributed by atoms with Crippen molar-refractivity contribution >= 4 is 0 Å².